The molecule has 1 aromatic heterocycles. The molecule has 20 heavy (non-hydrogen) atoms. The molecule has 2 unspecified atom stereocenters. The number of H-pyrrole nitrogens is 1. The Bertz CT molecular complexity index is 561. The highest BCUT2D eigenvalue weighted by molar-refractivity contribution is 5.85. The van der Waals surface area contributed by atoms with Crippen molar-refractivity contribution in [3.05, 3.63) is 35.5 Å². The summed E-state index contributed by atoms with van der Waals surface area (Å²) in [5.74, 6) is 0. The minimum absolute atomic E-state index is 0. The lowest BCUT2D eigenvalue weighted by molar-refractivity contribution is 0.388. The van der Waals surface area contributed by atoms with E-state index in [0.29, 0.717) is 12.1 Å². The molecule has 1 aliphatic heterocycles. The second-order valence-corrected chi connectivity index (χ2v) is 5.88. The number of aromatic amines is 1. The van der Waals surface area contributed by atoms with Crippen molar-refractivity contribution in [2.45, 2.75) is 58.0 Å². The number of rotatable bonds is 4. The van der Waals surface area contributed by atoms with Gasteiger partial charge in [-0.15, -0.1) is 12.4 Å². The zero-order valence-electron chi connectivity index (χ0n) is 12.4. The fourth-order valence-corrected chi connectivity index (χ4v) is 3.36. The molecule has 2 heterocycles. The van der Waals surface area contributed by atoms with Crippen LogP contribution in [0.1, 0.15) is 56.8 Å². The van der Waals surface area contributed by atoms with Crippen molar-refractivity contribution in [3.63, 3.8) is 0 Å². The van der Waals surface area contributed by atoms with Gasteiger partial charge in [0.1, 0.15) is 0 Å². The molecular weight excluding hydrogens is 268 g/mol. The molecule has 2 N–H and O–H groups in total. The molecule has 0 saturated heterocycles. The van der Waals surface area contributed by atoms with Crippen LogP contribution in [0.5, 0.6) is 0 Å². The van der Waals surface area contributed by atoms with Crippen LogP contribution in [0.3, 0.4) is 0 Å². The molecule has 3 heteroatoms. The largest absolute Gasteiger partial charge is 0.357 e. The van der Waals surface area contributed by atoms with Crippen molar-refractivity contribution in [2.24, 2.45) is 0 Å². The highest BCUT2D eigenvalue weighted by atomic mass is 35.5. The summed E-state index contributed by atoms with van der Waals surface area (Å²) in [4.78, 5) is 3.65. The van der Waals surface area contributed by atoms with Gasteiger partial charge in [0.15, 0.2) is 0 Å². The lowest BCUT2D eigenvalue weighted by Gasteiger charge is -2.29. The van der Waals surface area contributed by atoms with Crippen LogP contribution in [0.4, 0.5) is 0 Å². The number of unbranched alkanes of at least 4 members (excludes halogenated alkanes) is 2. The molecule has 1 aromatic carbocycles. The summed E-state index contributed by atoms with van der Waals surface area (Å²) in [6, 6.07) is 9.81. The first kappa shape index (κ1) is 15.4. The van der Waals surface area contributed by atoms with Crippen LogP contribution in [0.2, 0.25) is 0 Å². The van der Waals surface area contributed by atoms with E-state index in [-0.39, 0.29) is 12.4 Å². The number of para-hydroxylation sites is 1. The van der Waals surface area contributed by atoms with Crippen molar-refractivity contribution in [1.29, 1.82) is 0 Å². The van der Waals surface area contributed by atoms with E-state index in [2.05, 4.69) is 48.4 Å². The first-order valence-electron chi connectivity index (χ1n) is 7.65. The molecule has 0 amide bonds. The molecular formula is C17H25ClN2. The van der Waals surface area contributed by atoms with E-state index in [1.807, 2.05) is 0 Å². The molecule has 3 rings (SSSR count). The standard InChI is InChI=1S/C17H24N2.ClH/c1-3-4-5-10-16-17-14(11-12(2)18-16)13-8-6-7-9-15(13)19-17;/h6-9,12,16,18-19H,3-5,10-11H2,1-2H3;1H. The SMILES string of the molecule is CCCCCC1NC(C)Cc2c1[nH]c1ccccc21.Cl. The second-order valence-electron chi connectivity index (χ2n) is 5.88. The second kappa shape index (κ2) is 6.64. The molecule has 0 saturated carbocycles. The Morgan fingerprint density at radius 2 is 2.00 bits per heavy atom. The molecule has 110 valence electrons. The number of benzene rings is 1. The van der Waals surface area contributed by atoms with E-state index in [1.54, 1.807) is 5.56 Å². The third-order valence-electron chi connectivity index (χ3n) is 4.29. The molecule has 0 aliphatic carbocycles. The molecule has 2 aromatic rings. The maximum Gasteiger partial charge on any atom is 0.0478 e. The average Bonchev–Trinajstić information content (AvgIpc) is 2.78. The summed E-state index contributed by atoms with van der Waals surface area (Å²) in [5.41, 5.74) is 4.28. The third kappa shape index (κ3) is 2.87. The van der Waals surface area contributed by atoms with E-state index in [0.717, 1.165) is 6.42 Å². The molecule has 2 nitrogen and oxygen atoms in total. The average molecular weight is 293 g/mol. The fraction of sp³-hybridized carbons (Fsp3) is 0.529. The number of hydrogen-bond acceptors (Lipinski definition) is 1. The first-order chi connectivity index (χ1) is 9.29. The Kier molecular flexibility index (Phi) is 5.11. The van der Waals surface area contributed by atoms with Crippen molar-refractivity contribution in [3.8, 4) is 0 Å². The van der Waals surface area contributed by atoms with E-state index in [4.69, 9.17) is 0 Å². The Morgan fingerprint density at radius 1 is 1.20 bits per heavy atom. The lowest BCUT2D eigenvalue weighted by Crippen LogP contribution is -2.37. The summed E-state index contributed by atoms with van der Waals surface area (Å²) in [7, 11) is 0. The van der Waals surface area contributed by atoms with Crippen molar-refractivity contribution >= 4 is 23.3 Å². The van der Waals surface area contributed by atoms with Crippen molar-refractivity contribution in [2.75, 3.05) is 0 Å². The minimum atomic E-state index is 0. The Labute approximate surface area is 127 Å². The fourth-order valence-electron chi connectivity index (χ4n) is 3.36. The zero-order chi connectivity index (χ0) is 13.2. The minimum Gasteiger partial charge on any atom is -0.357 e. The Morgan fingerprint density at radius 3 is 2.80 bits per heavy atom. The number of fused-ring (bicyclic) bond motifs is 3. The Balaban J connectivity index is 0.00000147. The highest BCUT2D eigenvalue weighted by Gasteiger charge is 2.26. The number of halogens is 1. The van der Waals surface area contributed by atoms with Gasteiger partial charge in [-0.3, -0.25) is 0 Å². The van der Waals surface area contributed by atoms with E-state index >= 15 is 0 Å². The predicted octanol–water partition coefficient (Wildman–Crippen LogP) is 4.75. The first-order valence-corrected chi connectivity index (χ1v) is 7.65. The summed E-state index contributed by atoms with van der Waals surface area (Å²) in [6.45, 7) is 4.57. The monoisotopic (exact) mass is 292 g/mol. The van der Waals surface area contributed by atoms with E-state index in [1.165, 1.54) is 42.3 Å². The van der Waals surface area contributed by atoms with Gasteiger partial charge in [-0.1, -0.05) is 44.4 Å². The quantitative estimate of drug-likeness (QED) is 0.782. The number of nitrogens with one attached hydrogen (secondary N) is 2. The van der Waals surface area contributed by atoms with E-state index in [9.17, 15) is 0 Å². The third-order valence-corrected chi connectivity index (χ3v) is 4.29. The van der Waals surface area contributed by atoms with Gasteiger partial charge in [0.25, 0.3) is 0 Å². The molecule has 0 spiro atoms. The van der Waals surface area contributed by atoms with E-state index < -0.39 is 0 Å². The van der Waals surface area contributed by atoms with Gasteiger partial charge in [-0.25, -0.2) is 0 Å². The Hall–Kier alpha value is -0.990. The van der Waals surface area contributed by atoms with Gasteiger partial charge >= 0.3 is 0 Å². The van der Waals surface area contributed by atoms with Crippen LogP contribution < -0.4 is 5.32 Å². The van der Waals surface area contributed by atoms with Crippen LogP contribution in [-0.2, 0) is 6.42 Å². The molecule has 1 aliphatic rings. The van der Waals surface area contributed by atoms with Crippen LogP contribution in [0.15, 0.2) is 24.3 Å². The lowest BCUT2D eigenvalue weighted by atomic mass is 9.92. The maximum absolute atomic E-state index is 3.76. The summed E-state index contributed by atoms with van der Waals surface area (Å²) in [5, 5.41) is 5.18. The van der Waals surface area contributed by atoms with Crippen LogP contribution in [0.25, 0.3) is 10.9 Å². The van der Waals surface area contributed by atoms with Crippen molar-refractivity contribution in [1.82, 2.24) is 10.3 Å². The van der Waals surface area contributed by atoms with Crippen LogP contribution in [0, 0.1) is 0 Å². The predicted molar refractivity (Wildman–Crippen MR) is 88.7 cm³/mol. The zero-order valence-corrected chi connectivity index (χ0v) is 13.2. The highest BCUT2D eigenvalue weighted by Crippen LogP contribution is 2.33. The molecule has 2 atom stereocenters. The van der Waals surface area contributed by atoms with Gasteiger partial charge in [-0.2, -0.15) is 0 Å². The molecule has 0 radical (unpaired) electrons. The van der Waals surface area contributed by atoms with Crippen LogP contribution >= 0.6 is 12.4 Å². The molecule has 0 fully saturated rings. The molecule has 0 bridgehead atoms. The number of hydrogen-bond donors (Lipinski definition) is 2. The summed E-state index contributed by atoms with van der Waals surface area (Å²) in [6.07, 6.45) is 6.33. The summed E-state index contributed by atoms with van der Waals surface area (Å²) < 4.78 is 0. The normalized spacial score (nSPS) is 21.5. The van der Waals surface area contributed by atoms with Crippen molar-refractivity contribution < 1.29 is 0 Å². The topological polar surface area (TPSA) is 27.8 Å². The smallest absolute Gasteiger partial charge is 0.0478 e. The maximum atomic E-state index is 3.76. The van der Waals surface area contributed by atoms with Gasteiger partial charge < -0.3 is 10.3 Å². The summed E-state index contributed by atoms with van der Waals surface area (Å²) >= 11 is 0. The van der Waals surface area contributed by atoms with Gasteiger partial charge in [0, 0.05) is 28.7 Å². The van der Waals surface area contributed by atoms with Gasteiger partial charge in [0.2, 0.25) is 0 Å². The van der Waals surface area contributed by atoms with Gasteiger partial charge in [0.05, 0.1) is 0 Å². The number of aromatic nitrogens is 1. The van der Waals surface area contributed by atoms with Crippen LogP contribution in [-0.4, -0.2) is 11.0 Å². The van der Waals surface area contributed by atoms with Gasteiger partial charge in [-0.05, 0) is 31.4 Å².